The predicted octanol–water partition coefficient (Wildman–Crippen LogP) is 3.84. The first-order chi connectivity index (χ1) is 8.56. The number of anilines is 1. The highest BCUT2D eigenvalue weighted by Crippen LogP contribution is 2.20. The number of hydrogen-bond donors (Lipinski definition) is 0. The van der Waals surface area contributed by atoms with Gasteiger partial charge in [0.2, 0.25) is 5.28 Å². The van der Waals surface area contributed by atoms with Crippen LogP contribution in [-0.2, 0) is 6.54 Å². The minimum Gasteiger partial charge on any atom is -0.355 e. The van der Waals surface area contributed by atoms with E-state index in [4.69, 9.17) is 11.6 Å². The number of benzene rings is 1. The number of aryl methyl sites for hydroxylation is 1. The van der Waals surface area contributed by atoms with Crippen LogP contribution in [-0.4, -0.2) is 17.0 Å². The van der Waals surface area contributed by atoms with Crippen molar-refractivity contribution in [1.82, 2.24) is 9.97 Å². The normalized spacial score (nSPS) is 10.4. The van der Waals surface area contributed by atoms with Crippen molar-refractivity contribution in [3.05, 3.63) is 51.3 Å². The minimum atomic E-state index is 0.281. The van der Waals surface area contributed by atoms with Crippen LogP contribution in [0.25, 0.3) is 0 Å². The molecule has 0 atom stereocenters. The summed E-state index contributed by atoms with van der Waals surface area (Å²) in [6.07, 6.45) is 0. The Morgan fingerprint density at radius 1 is 1.28 bits per heavy atom. The molecule has 0 saturated carbocycles. The van der Waals surface area contributed by atoms with Crippen LogP contribution in [0.4, 0.5) is 5.82 Å². The maximum absolute atomic E-state index is 5.87. The van der Waals surface area contributed by atoms with Crippen molar-refractivity contribution in [2.24, 2.45) is 0 Å². The quantitative estimate of drug-likeness (QED) is 0.803. The second-order valence-corrected chi connectivity index (χ2v) is 5.28. The molecule has 0 aliphatic carbocycles. The lowest BCUT2D eigenvalue weighted by Crippen LogP contribution is -2.18. The molecule has 3 nitrogen and oxygen atoms in total. The lowest BCUT2D eigenvalue weighted by Gasteiger charge is -2.19. The Bertz CT molecular complexity index is 539. The molecule has 2 aromatic rings. The van der Waals surface area contributed by atoms with Gasteiger partial charge in [-0.25, -0.2) is 9.97 Å². The first-order valence-corrected chi connectivity index (χ1v) is 6.69. The maximum atomic E-state index is 5.87. The predicted molar refractivity (Wildman–Crippen MR) is 78.0 cm³/mol. The zero-order chi connectivity index (χ0) is 13.1. The zero-order valence-corrected chi connectivity index (χ0v) is 12.5. The molecule has 5 heteroatoms. The fourth-order valence-electron chi connectivity index (χ4n) is 1.68. The summed E-state index contributed by atoms with van der Waals surface area (Å²) in [4.78, 5) is 10.3. The topological polar surface area (TPSA) is 29.0 Å². The van der Waals surface area contributed by atoms with Crippen LogP contribution in [0.15, 0.2) is 34.8 Å². The van der Waals surface area contributed by atoms with Crippen molar-refractivity contribution in [1.29, 1.82) is 0 Å². The van der Waals surface area contributed by atoms with Gasteiger partial charge < -0.3 is 4.90 Å². The molecule has 0 saturated heterocycles. The largest absolute Gasteiger partial charge is 0.355 e. The summed E-state index contributed by atoms with van der Waals surface area (Å²) in [5.74, 6) is 0.822. The Balaban J connectivity index is 2.22. The van der Waals surface area contributed by atoms with Crippen LogP contribution in [0.1, 0.15) is 11.3 Å². The minimum absolute atomic E-state index is 0.281. The highest BCUT2D eigenvalue weighted by molar-refractivity contribution is 9.10. The summed E-state index contributed by atoms with van der Waals surface area (Å²) in [6.45, 7) is 2.66. The van der Waals surface area contributed by atoms with Crippen molar-refractivity contribution in [3.8, 4) is 0 Å². The molecule has 1 aromatic carbocycles. The third-order valence-corrected chi connectivity index (χ3v) is 3.51. The fraction of sp³-hybridized carbons (Fsp3) is 0.231. The third-order valence-electron chi connectivity index (χ3n) is 2.57. The summed E-state index contributed by atoms with van der Waals surface area (Å²) in [7, 11) is 1.98. The second kappa shape index (κ2) is 5.67. The zero-order valence-electron chi connectivity index (χ0n) is 10.2. The van der Waals surface area contributed by atoms with E-state index in [9.17, 15) is 0 Å². The molecule has 0 aliphatic heterocycles. The number of nitrogens with zero attached hydrogens (tertiary/aromatic N) is 3. The van der Waals surface area contributed by atoms with Gasteiger partial charge in [-0.15, -0.1) is 0 Å². The molecule has 18 heavy (non-hydrogen) atoms. The van der Waals surface area contributed by atoms with E-state index in [0.29, 0.717) is 0 Å². The third kappa shape index (κ3) is 3.21. The summed E-state index contributed by atoms with van der Waals surface area (Å²) in [5, 5.41) is 0.281. The van der Waals surface area contributed by atoms with E-state index in [2.05, 4.69) is 32.0 Å². The summed E-state index contributed by atoms with van der Waals surface area (Å²) in [5.41, 5.74) is 2.07. The SMILES string of the molecule is Cc1cc(N(C)Cc2ccccc2Br)nc(Cl)n1. The average Bonchev–Trinajstić information content (AvgIpc) is 2.31. The molecule has 94 valence electrons. The molecule has 0 fully saturated rings. The molecule has 0 spiro atoms. The lowest BCUT2D eigenvalue weighted by molar-refractivity contribution is 0.883. The van der Waals surface area contributed by atoms with E-state index in [1.54, 1.807) is 0 Å². The number of aromatic nitrogens is 2. The van der Waals surface area contributed by atoms with E-state index < -0.39 is 0 Å². The van der Waals surface area contributed by atoms with Crippen LogP contribution >= 0.6 is 27.5 Å². The van der Waals surface area contributed by atoms with Crippen molar-refractivity contribution in [3.63, 3.8) is 0 Å². The van der Waals surface area contributed by atoms with Crippen LogP contribution in [0.3, 0.4) is 0 Å². The fourth-order valence-corrected chi connectivity index (χ4v) is 2.31. The molecular formula is C13H13BrClN3. The molecule has 0 N–H and O–H groups in total. The van der Waals surface area contributed by atoms with Crippen LogP contribution < -0.4 is 4.90 Å². The Labute approximate surface area is 120 Å². The summed E-state index contributed by atoms with van der Waals surface area (Å²) >= 11 is 9.41. The van der Waals surface area contributed by atoms with E-state index in [1.165, 1.54) is 5.56 Å². The first kappa shape index (κ1) is 13.3. The molecule has 0 amide bonds. The van der Waals surface area contributed by atoms with Gasteiger partial charge in [-0.05, 0) is 30.2 Å². The smallest absolute Gasteiger partial charge is 0.224 e. The molecule has 0 radical (unpaired) electrons. The van der Waals surface area contributed by atoms with Crippen molar-refractivity contribution in [2.45, 2.75) is 13.5 Å². The van der Waals surface area contributed by atoms with Crippen molar-refractivity contribution in [2.75, 3.05) is 11.9 Å². The van der Waals surface area contributed by atoms with E-state index in [-0.39, 0.29) is 5.28 Å². The molecular weight excluding hydrogens is 314 g/mol. The van der Waals surface area contributed by atoms with Gasteiger partial charge in [-0.3, -0.25) is 0 Å². The van der Waals surface area contributed by atoms with Gasteiger partial charge in [0.05, 0.1) is 0 Å². The summed E-state index contributed by atoms with van der Waals surface area (Å²) in [6, 6.07) is 10.0. The second-order valence-electron chi connectivity index (χ2n) is 4.08. The highest BCUT2D eigenvalue weighted by Gasteiger charge is 2.08. The van der Waals surface area contributed by atoms with Crippen LogP contribution in [0.2, 0.25) is 5.28 Å². The Morgan fingerprint density at radius 3 is 2.67 bits per heavy atom. The maximum Gasteiger partial charge on any atom is 0.224 e. The molecule has 0 unspecified atom stereocenters. The monoisotopic (exact) mass is 325 g/mol. The van der Waals surface area contributed by atoms with Crippen molar-refractivity contribution >= 4 is 33.3 Å². The van der Waals surface area contributed by atoms with E-state index in [1.807, 2.05) is 43.1 Å². The Kier molecular flexibility index (Phi) is 4.19. The molecule has 0 aliphatic rings. The molecule has 0 bridgehead atoms. The standard InChI is InChI=1S/C13H13BrClN3/c1-9-7-12(17-13(15)16-9)18(2)8-10-5-3-4-6-11(10)14/h3-7H,8H2,1-2H3. The van der Waals surface area contributed by atoms with Crippen LogP contribution in [0.5, 0.6) is 0 Å². The molecule has 2 rings (SSSR count). The van der Waals surface area contributed by atoms with Gasteiger partial charge in [0, 0.05) is 29.8 Å². The number of rotatable bonds is 3. The van der Waals surface area contributed by atoms with Gasteiger partial charge in [-0.1, -0.05) is 34.1 Å². The van der Waals surface area contributed by atoms with Gasteiger partial charge in [0.1, 0.15) is 5.82 Å². The highest BCUT2D eigenvalue weighted by atomic mass is 79.9. The van der Waals surface area contributed by atoms with E-state index in [0.717, 1.165) is 22.5 Å². The van der Waals surface area contributed by atoms with Gasteiger partial charge in [-0.2, -0.15) is 0 Å². The number of halogens is 2. The number of hydrogen-bond acceptors (Lipinski definition) is 3. The van der Waals surface area contributed by atoms with E-state index >= 15 is 0 Å². The molecule has 1 aromatic heterocycles. The van der Waals surface area contributed by atoms with Gasteiger partial charge in [0.25, 0.3) is 0 Å². The lowest BCUT2D eigenvalue weighted by atomic mass is 10.2. The summed E-state index contributed by atoms with van der Waals surface area (Å²) < 4.78 is 1.09. The Hall–Kier alpha value is -1.13. The van der Waals surface area contributed by atoms with Gasteiger partial charge in [0.15, 0.2) is 0 Å². The first-order valence-electron chi connectivity index (χ1n) is 5.52. The molecule has 1 heterocycles. The Morgan fingerprint density at radius 2 is 2.00 bits per heavy atom. The average molecular weight is 327 g/mol. The van der Waals surface area contributed by atoms with Gasteiger partial charge >= 0.3 is 0 Å². The van der Waals surface area contributed by atoms with Crippen molar-refractivity contribution < 1.29 is 0 Å². The van der Waals surface area contributed by atoms with Crippen LogP contribution in [0, 0.1) is 6.92 Å².